The van der Waals surface area contributed by atoms with Gasteiger partial charge in [-0.05, 0) is 11.5 Å². The number of hydrogen-bond acceptors (Lipinski definition) is 6. The van der Waals surface area contributed by atoms with E-state index in [1.807, 2.05) is 0 Å². The van der Waals surface area contributed by atoms with E-state index in [0.29, 0.717) is 5.39 Å². The molecule has 0 aliphatic rings. The second-order valence-electron chi connectivity index (χ2n) is 4.90. The van der Waals surface area contributed by atoms with Crippen LogP contribution in [0.15, 0.2) is 47.4 Å². The molecule has 0 saturated heterocycles. The molecule has 0 radical (unpaired) electrons. The van der Waals surface area contributed by atoms with Gasteiger partial charge < -0.3 is 9.47 Å². The summed E-state index contributed by atoms with van der Waals surface area (Å²) >= 11 is 0. The Labute approximate surface area is 139 Å². The van der Waals surface area contributed by atoms with Crippen molar-refractivity contribution >= 4 is 32.7 Å². The van der Waals surface area contributed by atoms with E-state index in [1.54, 1.807) is 36.4 Å². The van der Waals surface area contributed by atoms with Crippen molar-refractivity contribution in [2.75, 3.05) is 27.3 Å². The van der Waals surface area contributed by atoms with Crippen molar-refractivity contribution in [1.82, 2.24) is 4.31 Å². The van der Waals surface area contributed by atoms with Crippen molar-refractivity contribution < 1.29 is 27.5 Å². The van der Waals surface area contributed by atoms with Gasteiger partial charge in [0.25, 0.3) is 0 Å². The molecular weight excluding hydrogens is 334 g/mol. The van der Waals surface area contributed by atoms with E-state index in [-0.39, 0.29) is 4.90 Å². The molecule has 0 aliphatic carbocycles. The molecule has 24 heavy (non-hydrogen) atoms. The number of carbonyl (C=O) groups is 2. The van der Waals surface area contributed by atoms with Gasteiger partial charge in [-0.3, -0.25) is 9.59 Å². The monoisotopic (exact) mass is 351 g/mol. The smallest absolute Gasteiger partial charge is 0.321 e. The number of esters is 2. The lowest BCUT2D eigenvalue weighted by Crippen LogP contribution is -2.40. The van der Waals surface area contributed by atoms with Crippen molar-refractivity contribution in [1.29, 1.82) is 0 Å². The van der Waals surface area contributed by atoms with Gasteiger partial charge in [0.05, 0.1) is 19.1 Å². The fourth-order valence-corrected chi connectivity index (χ4v) is 3.75. The number of rotatable bonds is 6. The van der Waals surface area contributed by atoms with Crippen LogP contribution in [-0.2, 0) is 29.1 Å². The maximum atomic E-state index is 13.0. The van der Waals surface area contributed by atoms with E-state index >= 15 is 0 Å². The Morgan fingerprint density at radius 3 is 2.04 bits per heavy atom. The summed E-state index contributed by atoms with van der Waals surface area (Å²) in [5.74, 6) is -1.55. The molecule has 2 rings (SSSR count). The molecule has 8 heteroatoms. The molecule has 0 amide bonds. The topological polar surface area (TPSA) is 90.0 Å². The molecule has 0 atom stereocenters. The van der Waals surface area contributed by atoms with Crippen LogP contribution in [0.1, 0.15) is 0 Å². The second-order valence-corrected chi connectivity index (χ2v) is 6.81. The third-order valence-corrected chi connectivity index (χ3v) is 5.28. The maximum Gasteiger partial charge on any atom is 0.321 e. The Hall–Kier alpha value is -2.45. The van der Waals surface area contributed by atoms with Gasteiger partial charge in [0.2, 0.25) is 10.0 Å². The zero-order valence-corrected chi connectivity index (χ0v) is 14.1. The third kappa shape index (κ3) is 3.72. The number of benzene rings is 2. The molecule has 0 bridgehead atoms. The molecule has 2 aromatic carbocycles. The molecule has 0 fully saturated rings. The zero-order valence-electron chi connectivity index (χ0n) is 13.3. The Balaban J connectivity index is 2.53. The van der Waals surface area contributed by atoms with Crippen LogP contribution in [0, 0.1) is 0 Å². The number of hydrogen-bond donors (Lipinski definition) is 0. The summed E-state index contributed by atoms with van der Waals surface area (Å²) in [4.78, 5) is 23.1. The second kappa shape index (κ2) is 7.41. The van der Waals surface area contributed by atoms with Crippen molar-refractivity contribution in [2.24, 2.45) is 0 Å². The fraction of sp³-hybridized carbons (Fsp3) is 0.250. The minimum Gasteiger partial charge on any atom is -0.468 e. The predicted molar refractivity (Wildman–Crippen MR) is 86.7 cm³/mol. The van der Waals surface area contributed by atoms with Gasteiger partial charge in [-0.1, -0.05) is 36.4 Å². The van der Waals surface area contributed by atoms with Gasteiger partial charge >= 0.3 is 11.9 Å². The number of carbonyl (C=O) groups excluding carboxylic acids is 2. The van der Waals surface area contributed by atoms with Crippen LogP contribution in [0.4, 0.5) is 0 Å². The SMILES string of the molecule is COC(=O)CN(CC(=O)OC)S(=O)(=O)c1cccc2ccccc12. The molecular formula is C16H17NO6S. The minimum atomic E-state index is -4.11. The maximum absolute atomic E-state index is 13.0. The van der Waals surface area contributed by atoms with Crippen molar-refractivity contribution in [3.05, 3.63) is 42.5 Å². The molecule has 7 nitrogen and oxygen atoms in total. The van der Waals surface area contributed by atoms with Gasteiger partial charge in [0, 0.05) is 5.39 Å². The lowest BCUT2D eigenvalue weighted by molar-refractivity contribution is -0.143. The van der Waals surface area contributed by atoms with E-state index < -0.39 is 35.1 Å². The molecule has 0 N–H and O–H groups in total. The van der Waals surface area contributed by atoms with Crippen LogP contribution in [0.25, 0.3) is 10.8 Å². The number of methoxy groups -OCH3 is 2. The van der Waals surface area contributed by atoms with Crippen LogP contribution in [0.3, 0.4) is 0 Å². The number of nitrogens with zero attached hydrogens (tertiary/aromatic N) is 1. The fourth-order valence-electron chi connectivity index (χ4n) is 2.20. The van der Waals surface area contributed by atoms with E-state index in [4.69, 9.17) is 0 Å². The summed E-state index contributed by atoms with van der Waals surface area (Å²) in [6.07, 6.45) is 0. The highest BCUT2D eigenvalue weighted by Gasteiger charge is 2.30. The van der Waals surface area contributed by atoms with E-state index in [2.05, 4.69) is 9.47 Å². The van der Waals surface area contributed by atoms with E-state index in [1.165, 1.54) is 6.07 Å². The van der Waals surface area contributed by atoms with Gasteiger partial charge in [0.1, 0.15) is 13.1 Å². The summed E-state index contributed by atoms with van der Waals surface area (Å²) in [7, 11) is -1.82. The minimum absolute atomic E-state index is 0.00778. The van der Waals surface area contributed by atoms with Crippen molar-refractivity contribution in [3.8, 4) is 0 Å². The first-order chi connectivity index (χ1) is 11.4. The summed E-state index contributed by atoms with van der Waals surface area (Å²) in [6.45, 7) is -1.17. The first-order valence-corrected chi connectivity index (χ1v) is 8.45. The number of ether oxygens (including phenoxy) is 2. The van der Waals surface area contributed by atoms with Gasteiger partial charge in [-0.15, -0.1) is 0 Å². The van der Waals surface area contributed by atoms with Crippen LogP contribution in [0.2, 0.25) is 0 Å². The average Bonchev–Trinajstić information content (AvgIpc) is 2.60. The Bertz CT molecular complexity index is 839. The van der Waals surface area contributed by atoms with Gasteiger partial charge in [-0.2, -0.15) is 4.31 Å². The van der Waals surface area contributed by atoms with Gasteiger partial charge in [-0.25, -0.2) is 8.42 Å². The highest BCUT2D eigenvalue weighted by molar-refractivity contribution is 7.89. The molecule has 0 heterocycles. The zero-order chi connectivity index (χ0) is 17.7. The first-order valence-electron chi connectivity index (χ1n) is 7.01. The highest BCUT2D eigenvalue weighted by atomic mass is 32.2. The van der Waals surface area contributed by atoms with Crippen LogP contribution >= 0.6 is 0 Å². The van der Waals surface area contributed by atoms with Crippen molar-refractivity contribution in [2.45, 2.75) is 4.90 Å². The standard InChI is InChI=1S/C16H17NO6S/c1-22-15(18)10-17(11-16(19)23-2)24(20,21)14-9-5-7-12-6-3-4-8-13(12)14/h3-9H,10-11H2,1-2H3. The largest absolute Gasteiger partial charge is 0.468 e. The number of fused-ring (bicyclic) bond motifs is 1. The molecule has 0 saturated carbocycles. The summed E-state index contributed by atoms with van der Waals surface area (Å²) < 4.78 is 35.7. The highest BCUT2D eigenvalue weighted by Crippen LogP contribution is 2.25. The van der Waals surface area contributed by atoms with Gasteiger partial charge in [0.15, 0.2) is 0 Å². The Morgan fingerprint density at radius 2 is 1.46 bits per heavy atom. The quantitative estimate of drug-likeness (QED) is 0.726. The van der Waals surface area contributed by atoms with Crippen LogP contribution in [0.5, 0.6) is 0 Å². The van der Waals surface area contributed by atoms with E-state index in [0.717, 1.165) is 23.9 Å². The summed E-state index contributed by atoms with van der Waals surface area (Å²) in [5.41, 5.74) is 0. The lowest BCUT2D eigenvalue weighted by atomic mass is 10.1. The Kier molecular flexibility index (Phi) is 5.53. The molecule has 2 aromatic rings. The lowest BCUT2D eigenvalue weighted by Gasteiger charge is -2.20. The summed E-state index contributed by atoms with van der Waals surface area (Å²) in [5, 5.41) is 1.23. The third-order valence-electron chi connectivity index (χ3n) is 3.43. The predicted octanol–water partition coefficient (Wildman–Crippen LogP) is 1.18. The number of sulfonamides is 1. The van der Waals surface area contributed by atoms with Crippen LogP contribution in [-0.4, -0.2) is 52.0 Å². The van der Waals surface area contributed by atoms with Crippen LogP contribution < -0.4 is 0 Å². The normalized spacial score (nSPS) is 11.5. The molecule has 0 aromatic heterocycles. The van der Waals surface area contributed by atoms with Crippen molar-refractivity contribution in [3.63, 3.8) is 0 Å². The first kappa shape index (κ1) is 17.9. The van der Waals surface area contributed by atoms with E-state index in [9.17, 15) is 18.0 Å². The molecule has 0 spiro atoms. The summed E-state index contributed by atoms with van der Waals surface area (Å²) in [6, 6.07) is 11.8. The molecule has 0 unspecified atom stereocenters. The molecule has 128 valence electrons. The Morgan fingerprint density at radius 1 is 0.917 bits per heavy atom. The average molecular weight is 351 g/mol. The molecule has 0 aliphatic heterocycles.